The molecule has 4 aliphatic carbocycles. The van der Waals surface area contributed by atoms with Crippen LogP contribution in [0.25, 0.3) is 0 Å². The average Bonchev–Trinajstić information content (AvgIpc) is 2.43. The van der Waals surface area contributed by atoms with Gasteiger partial charge in [0.2, 0.25) is 0 Å². The molecule has 0 aromatic rings. The van der Waals surface area contributed by atoms with E-state index in [-0.39, 0.29) is 11.3 Å². The fraction of sp³-hybridized carbons (Fsp3) is 0.938. The molecule has 0 heterocycles. The molecule has 4 bridgehead atoms. The summed E-state index contributed by atoms with van der Waals surface area (Å²) in [6.45, 7) is 3.20. The summed E-state index contributed by atoms with van der Waals surface area (Å²) in [5.41, 5.74) is 0. The lowest BCUT2D eigenvalue weighted by Crippen LogP contribution is -2.50. The first-order valence-electron chi connectivity index (χ1n) is 8.36. The summed E-state index contributed by atoms with van der Waals surface area (Å²) in [5, 5.41) is 5.91. The molecule has 0 aromatic carbocycles. The first-order valence-corrected chi connectivity index (χ1v) is 9.99. The van der Waals surface area contributed by atoms with Crippen LogP contribution in [0.1, 0.15) is 39.0 Å². The quantitative estimate of drug-likeness (QED) is 0.817. The second-order valence-corrected chi connectivity index (χ2v) is 9.30. The largest absolute Gasteiger partial charge is 0.338 e. The molecule has 5 heteroatoms. The Morgan fingerprint density at radius 1 is 1.10 bits per heavy atom. The predicted molar refractivity (Wildman–Crippen MR) is 85.5 cm³/mol. The first-order chi connectivity index (χ1) is 10.0. The lowest BCUT2D eigenvalue weighted by atomic mass is 9.52. The van der Waals surface area contributed by atoms with E-state index in [1.165, 1.54) is 32.1 Å². The highest BCUT2D eigenvalue weighted by Crippen LogP contribution is 2.56. The molecule has 0 aromatic heterocycles. The van der Waals surface area contributed by atoms with Gasteiger partial charge in [-0.3, -0.25) is 4.21 Å². The molecule has 2 amide bonds. The van der Waals surface area contributed by atoms with Crippen molar-refractivity contribution in [2.75, 3.05) is 19.3 Å². The summed E-state index contributed by atoms with van der Waals surface area (Å²) in [4.78, 5) is 11.9. The van der Waals surface area contributed by atoms with Gasteiger partial charge in [0.1, 0.15) is 0 Å². The Balaban J connectivity index is 1.43. The van der Waals surface area contributed by atoms with Crippen LogP contribution in [-0.4, -0.2) is 34.8 Å². The monoisotopic (exact) mass is 312 g/mol. The van der Waals surface area contributed by atoms with Crippen LogP contribution in [0.3, 0.4) is 0 Å². The van der Waals surface area contributed by atoms with Crippen molar-refractivity contribution >= 4 is 16.8 Å². The number of carbonyl (C=O) groups excluding carboxylic acids is 1. The van der Waals surface area contributed by atoms with Gasteiger partial charge in [0.05, 0.1) is 0 Å². The zero-order valence-electron chi connectivity index (χ0n) is 13.1. The Labute approximate surface area is 130 Å². The SMILES string of the molecule is C[C@@H](CNC(=O)NCC1C2CC3CC(C2)CC1C3)[S@](C)=O. The molecule has 4 fully saturated rings. The van der Waals surface area contributed by atoms with Crippen molar-refractivity contribution in [3.05, 3.63) is 0 Å². The lowest BCUT2D eigenvalue weighted by molar-refractivity contribution is -0.0343. The van der Waals surface area contributed by atoms with Crippen LogP contribution in [0.2, 0.25) is 0 Å². The second kappa shape index (κ2) is 6.27. The van der Waals surface area contributed by atoms with Crippen molar-refractivity contribution in [1.82, 2.24) is 10.6 Å². The summed E-state index contributed by atoms with van der Waals surface area (Å²) >= 11 is 0. The molecule has 4 rings (SSSR count). The molecular formula is C16H28N2O2S. The maximum absolute atomic E-state index is 11.9. The first kappa shape index (κ1) is 15.3. The molecular weight excluding hydrogens is 284 g/mol. The third kappa shape index (κ3) is 3.43. The van der Waals surface area contributed by atoms with Crippen LogP contribution in [0.5, 0.6) is 0 Å². The van der Waals surface area contributed by atoms with Gasteiger partial charge in [-0.15, -0.1) is 0 Å². The molecule has 4 nitrogen and oxygen atoms in total. The third-order valence-electron chi connectivity index (χ3n) is 6.04. The summed E-state index contributed by atoms with van der Waals surface area (Å²) < 4.78 is 11.3. The van der Waals surface area contributed by atoms with Gasteiger partial charge < -0.3 is 10.6 Å². The number of urea groups is 1. The minimum Gasteiger partial charge on any atom is -0.338 e. The number of rotatable bonds is 5. The Morgan fingerprint density at radius 2 is 1.67 bits per heavy atom. The average molecular weight is 312 g/mol. The zero-order chi connectivity index (χ0) is 15.0. The van der Waals surface area contributed by atoms with Crippen molar-refractivity contribution in [2.45, 2.75) is 44.3 Å². The van der Waals surface area contributed by atoms with E-state index in [9.17, 15) is 9.00 Å². The molecule has 0 spiro atoms. The van der Waals surface area contributed by atoms with Gasteiger partial charge in [-0.2, -0.15) is 0 Å². The van der Waals surface area contributed by atoms with Gasteiger partial charge in [-0.05, 0) is 68.6 Å². The van der Waals surface area contributed by atoms with Gasteiger partial charge in [0, 0.05) is 35.4 Å². The van der Waals surface area contributed by atoms with Crippen molar-refractivity contribution in [3.63, 3.8) is 0 Å². The lowest BCUT2D eigenvalue weighted by Gasteiger charge is -2.54. The van der Waals surface area contributed by atoms with Crippen LogP contribution in [-0.2, 0) is 10.8 Å². The molecule has 0 unspecified atom stereocenters. The number of nitrogens with one attached hydrogen (secondary N) is 2. The van der Waals surface area contributed by atoms with E-state index in [2.05, 4.69) is 10.6 Å². The van der Waals surface area contributed by atoms with Crippen molar-refractivity contribution in [2.24, 2.45) is 29.6 Å². The Morgan fingerprint density at radius 3 is 2.19 bits per heavy atom. The molecule has 2 N–H and O–H groups in total. The molecule has 21 heavy (non-hydrogen) atoms. The number of amides is 2. The van der Waals surface area contributed by atoms with Crippen LogP contribution in [0.4, 0.5) is 4.79 Å². The molecule has 4 saturated carbocycles. The zero-order valence-corrected chi connectivity index (χ0v) is 14.0. The highest BCUT2D eigenvalue weighted by Gasteiger charge is 2.47. The van der Waals surface area contributed by atoms with Crippen molar-refractivity contribution < 1.29 is 9.00 Å². The van der Waals surface area contributed by atoms with E-state index >= 15 is 0 Å². The topological polar surface area (TPSA) is 58.2 Å². The minimum absolute atomic E-state index is 0.0110. The Kier molecular flexibility index (Phi) is 4.57. The third-order valence-corrected chi connectivity index (χ3v) is 7.34. The van der Waals surface area contributed by atoms with Crippen LogP contribution in [0.15, 0.2) is 0 Å². The maximum Gasteiger partial charge on any atom is 0.314 e. The minimum atomic E-state index is -0.880. The van der Waals surface area contributed by atoms with E-state index in [1.54, 1.807) is 6.26 Å². The van der Waals surface area contributed by atoms with E-state index in [0.717, 1.165) is 30.2 Å². The number of hydrogen-bond donors (Lipinski definition) is 2. The molecule has 2 atom stereocenters. The van der Waals surface area contributed by atoms with Crippen molar-refractivity contribution in [3.8, 4) is 0 Å². The fourth-order valence-corrected chi connectivity index (χ4v) is 5.32. The number of hydrogen-bond acceptors (Lipinski definition) is 2. The Hall–Kier alpha value is -0.580. The van der Waals surface area contributed by atoms with Crippen LogP contribution >= 0.6 is 0 Å². The van der Waals surface area contributed by atoms with Gasteiger partial charge in [-0.25, -0.2) is 4.79 Å². The van der Waals surface area contributed by atoms with Gasteiger partial charge in [0.15, 0.2) is 0 Å². The maximum atomic E-state index is 11.9. The number of carbonyl (C=O) groups is 1. The smallest absolute Gasteiger partial charge is 0.314 e. The standard InChI is InChI=1S/C16H28N2O2S/c1-10(21(2)20)8-17-16(19)18-9-15-13-4-11-3-12(6-13)7-14(15)5-11/h10-15H,3-9H2,1-2H3,(H2,17,18,19)/t10-,11?,12?,13?,14?,15?,21-/m0/s1. The molecule has 0 saturated heterocycles. The highest BCUT2D eigenvalue weighted by molar-refractivity contribution is 7.84. The summed E-state index contributed by atoms with van der Waals surface area (Å²) in [5.74, 6) is 4.37. The summed E-state index contributed by atoms with van der Waals surface area (Å²) in [6.07, 6.45) is 8.73. The van der Waals surface area contributed by atoms with Gasteiger partial charge >= 0.3 is 6.03 Å². The second-order valence-electron chi connectivity index (χ2n) is 7.49. The van der Waals surface area contributed by atoms with E-state index in [0.29, 0.717) is 12.5 Å². The van der Waals surface area contributed by atoms with E-state index in [4.69, 9.17) is 0 Å². The Bertz CT molecular complexity index is 399. The predicted octanol–water partition coefficient (Wildman–Crippen LogP) is 2.12. The molecule has 4 aliphatic rings. The normalized spacial score (nSPS) is 39.8. The van der Waals surface area contributed by atoms with E-state index < -0.39 is 10.8 Å². The van der Waals surface area contributed by atoms with Crippen LogP contribution in [0, 0.1) is 29.6 Å². The van der Waals surface area contributed by atoms with Crippen molar-refractivity contribution in [1.29, 1.82) is 0 Å². The molecule has 0 aliphatic heterocycles. The fourth-order valence-electron chi connectivity index (χ4n) is 5.00. The van der Waals surface area contributed by atoms with E-state index in [1.807, 2.05) is 6.92 Å². The highest BCUT2D eigenvalue weighted by atomic mass is 32.2. The van der Waals surface area contributed by atoms with Gasteiger partial charge in [0.25, 0.3) is 0 Å². The molecule has 0 radical (unpaired) electrons. The van der Waals surface area contributed by atoms with Gasteiger partial charge in [-0.1, -0.05) is 0 Å². The summed E-state index contributed by atoms with van der Waals surface area (Å²) in [6, 6.07) is -0.0962. The summed E-state index contributed by atoms with van der Waals surface area (Å²) in [7, 11) is -0.880. The molecule has 120 valence electrons. The van der Waals surface area contributed by atoms with Crippen LogP contribution < -0.4 is 10.6 Å².